The van der Waals surface area contributed by atoms with Crippen LogP contribution in [0.25, 0.3) is 0 Å². The van der Waals surface area contributed by atoms with Crippen LogP contribution in [0.1, 0.15) is 12.0 Å². The van der Waals surface area contributed by atoms with Gasteiger partial charge in [0.15, 0.2) is 0 Å². The van der Waals surface area contributed by atoms with Gasteiger partial charge >= 0.3 is 0 Å². The maximum Gasteiger partial charge on any atom is 0.134 e. The monoisotopic (exact) mass is 173 g/mol. The Labute approximate surface area is 75.9 Å². The summed E-state index contributed by atoms with van der Waals surface area (Å²) in [6.45, 7) is 0. The molecule has 13 heavy (non-hydrogen) atoms. The van der Waals surface area contributed by atoms with Gasteiger partial charge in [-0.25, -0.2) is 0 Å². The lowest BCUT2D eigenvalue weighted by molar-refractivity contribution is 0.449. The van der Waals surface area contributed by atoms with E-state index in [1.165, 1.54) is 18.2 Å². The Morgan fingerprint density at radius 3 is 2.69 bits per heavy atom. The van der Waals surface area contributed by atoms with E-state index in [-0.39, 0.29) is 17.9 Å². The lowest BCUT2D eigenvalue weighted by Gasteiger charge is -1.96. The normalized spacial score (nSPS) is 8.23. The molecule has 2 N–H and O–H groups in total. The summed E-state index contributed by atoms with van der Waals surface area (Å²) in [6.07, 6.45) is 0.125. The van der Waals surface area contributed by atoms with Crippen molar-refractivity contribution in [3.63, 3.8) is 0 Å². The molecular weight excluding hydrogens is 166 g/mol. The average molecular weight is 173 g/mol. The van der Waals surface area contributed by atoms with Crippen molar-refractivity contribution >= 4 is 0 Å². The molecule has 0 saturated carbocycles. The molecule has 64 valence electrons. The summed E-state index contributed by atoms with van der Waals surface area (Å²) >= 11 is 0. The molecule has 0 fully saturated rings. The minimum absolute atomic E-state index is 0.0108. The number of hydrogen-bond donors (Lipinski definition) is 2. The number of nitrogens with zero attached hydrogens (tertiary/aromatic N) is 1. The molecule has 0 spiro atoms. The van der Waals surface area contributed by atoms with Crippen LogP contribution in [0.5, 0.6) is 11.5 Å². The second-order valence-corrected chi connectivity index (χ2v) is 2.34. The van der Waals surface area contributed by atoms with Crippen molar-refractivity contribution in [3.05, 3.63) is 23.8 Å². The molecule has 0 aliphatic rings. The van der Waals surface area contributed by atoms with Crippen molar-refractivity contribution in [1.29, 1.82) is 5.26 Å². The Bertz CT molecular complexity index is 407. The van der Waals surface area contributed by atoms with Crippen LogP contribution in [-0.4, -0.2) is 10.2 Å². The van der Waals surface area contributed by atoms with Gasteiger partial charge in [-0.2, -0.15) is 5.26 Å². The third-order valence-corrected chi connectivity index (χ3v) is 1.37. The van der Waals surface area contributed by atoms with Crippen molar-refractivity contribution in [1.82, 2.24) is 0 Å². The van der Waals surface area contributed by atoms with Gasteiger partial charge in [0.1, 0.15) is 11.5 Å². The highest BCUT2D eigenvalue weighted by molar-refractivity contribution is 5.48. The Morgan fingerprint density at radius 1 is 1.31 bits per heavy atom. The van der Waals surface area contributed by atoms with Crippen LogP contribution in [0, 0.1) is 23.2 Å². The highest BCUT2D eigenvalue weighted by atomic mass is 16.3. The smallest absolute Gasteiger partial charge is 0.134 e. The first-order chi connectivity index (χ1) is 6.24. The van der Waals surface area contributed by atoms with E-state index in [1.807, 2.05) is 6.07 Å². The van der Waals surface area contributed by atoms with Crippen LogP contribution < -0.4 is 0 Å². The minimum atomic E-state index is -0.0783. The van der Waals surface area contributed by atoms with Crippen LogP contribution in [0.15, 0.2) is 18.2 Å². The summed E-state index contributed by atoms with van der Waals surface area (Å²) in [4.78, 5) is 0. The fraction of sp³-hybridized carbons (Fsp3) is 0.100. The van der Waals surface area contributed by atoms with Gasteiger partial charge < -0.3 is 10.2 Å². The molecule has 1 aromatic rings. The zero-order valence-electron chi connectivity index (χ0n) is 6.78. The second kappa shape index (κ2) is 4.04. The zero-order valence-corrected chi connectivity index (χ0v) is 6.78. The van der Waals surface area contributed by atoms with Gasteiger partial charge in [0, 0.05) is 6.07 Å². The molecule has 0 amide bonds. The molecular formula is C10H7NO2. The third-order valence-electron chi connectivity index (χ3n) is 1.37. The fourth-order valence-electron chi connectivity index (χ4n) is 0.805. The lowest BCUT2D eigenvalue weighted by Crippen LogP contribution is -1.75. The van der Waals surface area contributed by atoms with Crippen LogP contribution >= 0.6 is 0 Å². The molecule has 0 saturated heterocycles. The molecule has 1 rings (SSSR count). The first-order valence-corrected chi connectivity index (χ1v) is 3.62. The Kier molecular flexibility index (Phi) is 2.78. The summed E-state index contributed by atoms with van der Waals surface area (Å²) in [7, 11) is 0. The highest BCUT2D eigenvalue weighted by Crippen LogP contribution is 2.21. The highest BCUT2D eigenvalue weighted by Gasteiger charge is 1.97. The van der Waals surface area contributed by atoms with Gasteiger partial charge in [0.2, 0.25) is 0 Å². The molecule has 0 atom stereocenters. The van der Waals surface area contributed by atoms with Crippen LogP contribution in [0.4, 0.5) is 0 Å². The van der Waals surface area contributed by atoms with Gasteiger partial charge in [-0.1, -0.05) is 11.8 Å². The average Bonchev–Trinajstić information content (AvgIpc) is 2.09. The maximum atomic E-state index is 9.25. The third kappa shape index (κ3) is 2.43. The van der Waals surface area contributed by atoms with Crippen molar-refractivity contribution in [2.24, 2.45) is 0 Å². The summed E-state index contributed by atoms with van der Waals surface area (Å²) < 4.78 is 0. The molecule has 0 aromatic heterocycles. The standard InChI is InChI=1S/C10H7NO2/c11-6-2-1-3-8-4-5-9(12)7-10(8)13/h4-5,7,12-13H,2H2. The molecule has 0 aliphatic heterocycles. The van der Waals surface area contributed by atoms with Crippen molar-refractivity contribution in [3.8, 4) is 29.4 Å². The minimum Gasteiger partial charge on any atom is -0.508 e. The fourth-order valence-corrected chi connectivity index (χ4v) is 0.805. The molecule has 0 bridgehead atoms. The van der Waals surface area contributed by atoms with Gasteiger partial charge in [0.05, 0.1) is 18.1 Å². The molecule has 0 heterocycles. The Balaban J connectivity index is 2.93. The van der Waals surface area contributed by atoms with Crippen LogP contribution in [0.2, 0.25) is 0 Å². The summed E-state index contributed by atoms with van der Waals surface area (Å²) in [6, 6.07) is 5.99. The lowest BCUT2D eigenvalue weighted by atomic mass is 10.2. The van der Waals surface area contributed by atoms with E-state index < -0.39 is 0 Å². The maximum absolute atomic E-state index is 9.25. The summed E-state index contributed by atoms with van der Waals surface area (Å²) in [5, 5.41) is 26.4. The van der Waals surface area contributed by atoms with Crippen LogP contribution in [-0.2, 0) is 0 Å². The molecule has 1 aromatic carbocycles. The van der Waals surface area contributed by atoms with Crippen molar-refractivity contribution in [2.45, 2.75) is 6.42 Å². The van der Waals surface area contributed by atoms with E-state index in [1.54, 1.807) is 0 Å². The first-order valence-electron chi connectivity index (χ1n) is 3.62. The molecule has 3 heteroatoms. The van der Waals surface area contributed by atoms with Gasteiger partial charge in [-0.3, -0.25) is 0 Å². The van der Waals surface area contributed by atoms with E-state index in [0.29, 0.717) is 5.56 Å². The van der Waals surface area contributed by atoms with E-state index in [0.717, 1.165) is 0 Å². The number of nitriles is 1. The van der Waals surface area contributed by atoms with Gasteiger partial charge in [-0.15, -0.1) is 0 Å². The van der Waals surface area contributed by atoms with Crippen molar-refractivity contribution < 1.29 is 10.2 Å². The number of rotatable bonds is 0. The number of phenols is 2. The largest absolute Gasteiger partial charge is 0.508 e. The van der Waals surface area contributed by atoms with Gasteiger partial charge in [-0.05, 0) is 12.1 Å². The molecule has 0 unspecified atom stereocenters. The number of aromatic hydroxyl groups is 2. The molecule has 0 aliphatic carbocycles. The predicted octanol–water partition coefficient (Wildman–Crippen LogP) is 1.36. The Hall–Kier alpha value is -2.13. The quantitative estimate of drug-likeness (QED) is 0.582. The number of benzene rings is 1. The Morgan fingerprint density at radius 2 is 2.08 bits per heavy atom. The van der Waals surface area contributed by atoms with E-state index in [4.69, 9.17) is 10.4 Å². The zero-order chi connectivity index (χ0) is 9.68. The molecule has 0 radical (unpaired) electrons. The SMILES string of the molecule is N#CCC#Cc1ccc(O)cc1O. The van der Waals surface area contributed by atoms with E-state index >= 15 is 0 Å². The van der Waals surface area contributed by atoms with E-state index in [9.17, 15) is 5.11 Å². The second-order valence-electron chi connectivity index (χ2n) is 2.34. The summed E-state index contributed by atoms with van der Waals surface area (Å²) in [5.41, 5.74) is 0.410. The predicted molar refractivity (Wildman–Crippen MR) is 46.9 cm³/mol. The number of hydrogen-bond acceptors (Lipinski definition) is 3. The van der Waals surface area contributed by atoms with E-state index in [2.05, 4.69) is 11.8 Å². The van der Waals surface area contributed by atoms with Gasteiger partial charge in [0.25, 0.3) is 0 Å². The van der Waals surface area contributed by atoms with Crippen molar-refractivity contribution in [2.75, 3.05) is 0 Å². The molecule has 3 nitrogen and oxygen atoms in total. The number of phenolic OH excluding ortho intramolecular Hbond substituents is 2. The first kappa shape index (κ1) is 8.96. The van der Waals surface area contributed by atoms with Crippen LogP contribution in [0.3, 0.4) is 0 Å². The topological polar surface area (TPSA) is 64.2 Å². The summed E-state index contributed by atoms with van der Waals surface area (Å²) in [5.74, 6) is 5.08.